The molecule has 0 radical (unpaired) electrons. The van der Waals surface area contributed by atoms with Gasteiger partial charge in [-0.3, -0.25) is 19.7 Å². The van der Waals surface area contributed by atoms with Crippen molar-refractivity contribution in [3.05, 3.63) is 98.6 Å². The molecule has 0 aliphatic carbocycles. The lowest BCUT2D eigenvalue weighted by Crippen LogP contribution is -2.23. The minimum atomic E-state index is -0.577. The van der Waals surface area contributed by atoms with Gasteiger partial charge in [-0.2, -0.15) is 0 Å². The lowest BCUT2D eigenvalue weighted by molar-refractivity contribution is -0.385. The molecule has 0 fully saturated rings. The topological polar surface area (TPSA) is 102 Å². The predicted molar refractivity (Wildman–Crippen MR) is 120 cm³/mol. The summed E-state index contributed by atoms with van der Waals surface area (Å²) >= 11 is 5.81. The maximum Gasteiger partial charge on any atom is 0.313 e. The number of nitro benzene ring substituents is 1. The van der Waals surface area contributed by atoms with Crippen molar-refractivity contribution in [2.45, 2.75) is 6.54 Å². The standard InChI is InChI=1S/C23H20ClN3O5/c1-26(2)23(29)17-5-3-15(4-6-17)14-25-22(28)16-7-10-19(11-8-16)32-21-12-9-18(24)13-20(21)27(30)31/h3-13H,14H2,1-2H3,(H,25,28). The highest BCUT2D eigenvalue weighted by atomic mass is 35.5. The van der Waals surface area contributed by atoms with Crippen LogP contribution in [0, 0.1) is 10.1 Å². The molecule has 3 aromatic rings. The van der Waals surface area contributed by atoms with Crippen LogP contribution in [0.15, 0.2) is 66.7 Å². The molecule has 2 amide bonds. The fraction of sp³-hybridized carbons (Fsp3) is 0.130. The Hall–Kier alpha value is -3.91. The van der Waals surface area contributed by atoms with Gasteiger partial charge in [0.25, 0.3) is 11.8 Å². The predicted octanol–water partition coefficient (Wildman–Crippen LogP) is 4.67. The number of nitrogens with one attached hydrogen (secondary N) is 1. The number of ether oxygens (including phenoxy) is 1. The maximum absolute atomic E-state index is 12.4. The van der Waals surface area contributed by atoms with Crippen LogP contribution in [0.25, 0.3) is 0 Å². The van der Waals surface area contributed by atoms with Crippen molar-refractivity contribution >= 4 is 29.1 Å². The molecule has 3 aromatic carbocycles. The van der Waals surface area contributed by atoms with Crippen LogP contribution in [0.4, 0.5) is 5.69 Å². The first-order valence-corrected chi connectivity index (χ1v) is 9.93. The van der Waals surface area contributed by atoms with Gasteiger partial charge < -0.3 is 15.0 Å². The van der Waals surface area contributed by atoms with Crippen LogP contribution in [0.2, 0.25) is 5.02 Å². The van der Waals surface area contributed by atoms with E-state index in [0.717, 1.165) is 5.56 Å². The number of rotatable bonds is 7. The summed E-state index contributed by atoms with van der Waals surface area (Å²) in [6.07, 6.45) is 0. The molecule has 8 nitrogen and oxygen atoms in total. The van der Waals surface area contributed by atoms with Crippen LogP contribution in [-0.2, 0) is 6.54 Å². The van der Waals surface area contributed by atoms with Gasteiger partial charge in [0.05, 0.1) is 4.92 Å². The van der Waals surface area contributed by atoms with Crippen molar-refractivity contribution < 1.29 is 19.2 Å². The summed E-state index contributed by atoms with van der Waals surface area (Å²) < 4.78 is 5.57. The molecule has 0 aromatic heterocycles. The van der Waals surface area contributed by atoms with Crippen LogP contribution in [0.5, 0.6) is 11.5 Å². The number of carbonyl (C=O) groups is 2. The molecule has 3 rings (SSSR count). The minimum Gasteiger partial charge on any atom is -0.450 e. The summed E-state index contributed by atoms with van der Waals surface area (Å²) in [6.45, 7) is 0.296. The molecule has 9 heteroatoms. The molecule has 0 unspecified atom stereocenters. The van der Waals surface area contributed by atoms with E-state index in [1.807, 2.05) is 0 Å². The number of nitrogens with zero attached hydrogens (tertiary/aromatic N) is 2. The maximum atomic E-state index is 12.4. The van der Waals surface area contributed by atoms with Crippen molar-refractivity contribution in [2.24, 2.45) is 0 Å². The molecule has 164 valence electrons. The molecular formula is C23H20ClN3O5. The van der Waals surface area contributed by atoms with Gasteiger partial charge in [0.1, 0.15) is 5.75 Å². The van der Waals surface area contributed by atoms with Gasteiger partial charge >= 0.3 is 5.69 Å². The van der Waals surface area contributed by atoms with Crippen LogP contribution in [0.1, 0.15) is 26.3 Å². The van der Waals surface area contributed by atoms with Crippen LogP contribution in [0.3, 0.4) is 0 Å². The summed E-state index contributed by atoms with van der Waals surface area (Å²) in [6, 6.07) is 17.3. The first kappa shape index (κ1) is 22.8. The second-order valence-corrected chi connectivity index (χ2v) is 7.51. The number of halogens is 1. The molecule has 0 bridgehead atoms. The molecule has 32 heavy (non-hydrogen) atoms. The van der Waals surface area contributed by atoms with Crippen LogP contribution < -0.4 is 10.1 Å². The van der Waals surface area contributed by atoms with E-state index in [1.54, 1.807) is 62.6 Å². The third-order valence-corrected chi connectivity index (χ3v) is 4.76. The first-order chi connectivity index (χ1) is 15.2. The second kappa shape index (κ2) is 9.93. The van der Waals surface area contributed by atoms with E-state index in [2.05, 4.69) is 5.32 Å². The fourth-order valence-electron chi connectivity index (χ4n) is 2.83. The number of amides is 2. The largest absolute Gasteiger partial charge is 0.450 e. The van der Waals surface area contributed by atoms with Crippen LogP contribution in [-0.4, -0.2) is 35.7 Å². The Kier molecular flexibility index (Phi) is 7.07. The molecule has 0 heterocycles. The molecule has 0 atom stereocenters. The number of carbonyl (C=O) groups excluding carboxylic acids is 2. The highest BCUT2D eigenvalue weighted by Gasteiger charge is 2.17. The SMILES string of the molecule is CN(C)C(=O)c1ccc(CNC(=O)c2ccc(Oc3ccc(Cl)cc3[N+](=O)[O-])cc2)cc1. The van der Waals surface area contributed by atoms with Crippen molar-refractivity contribution in [3.8, 4) is 11.5 Å². The zero-order valence-corrected chi connectivity index (χ0v) is 18.1. The first-order valence-electron chi connectivity index (χ1n) is 9.55. The van der Waals surface area contributed by atoms with Gasteiger partial charge in [0, 0.05) is 42.9 Å². The second-order valence-electron chi connectivity index (χ2n) is 7.07. The van der Waals surface area contributed by atoms with E-state index in [0.29, 0.717) is 23.4 Å². The fourth-order valence-corrected chi connectivity index (χ4v) is 2.99. The monoisotopic (exact) mass is 453 g/mol. The highest BCUT2D eigenvalue weighted by Crippen LogP contribution is 2.33. The third-order valence-electron chi connectivity index (χ3n) is 4.52. The Morgan fingerprint density at radius 3 is 2.22 bits per heavy atom. The van der Waals surface area contributed by atoms with Crippen LogP contribution >= 0.6 is 11.6 Å². The Bertz CT molecular complexity index is 1150. The zero-order valence-electron chi connectivity index (χ0n) is 17.4. The Morgan fingerprint density at radius 2 is 1.62 bits per heavy atom. The summed E-state index contributed by atoms with van der Waals surface area (Å²) in [5, 5.41) is 14.2. The molecule has 0 aliphatic rings. The van der Waals surface area contributed by atoms with E-state index in [1.165, 1.54) is 23.1 Å². The molecule has 0 saturated heterocycles. The molecule has 0 saturated carbocycles. The van der Waals surface area contributed by atoms with E-state index in [4.69, 9.17) is 16.3 Å². The lowest BCUT2D eigenvalue weighted by Gasteiger charge is -2.11. The lowest BCUT2D eigenvalue weighted by atomic mass is 10.1. The summed E-state index contributed by atoms with van der Waals surface area (Å²) in [5.74, 6) is 0.00946. The molecular weight excluding hydrogens is 434 g/mol. The van der Waals surface area contributed by atoms with Gasteiger partial charge in [-0.05, 0) is 54.1 Å². The Balaban J connectivity index is 1.61. The minimum absolute atomic E-state index is 0.0489. The molecule has 0 spiro atoms. The average molecular weight is 454 g/mol. The summed E-state index contributed by atoms with van der Waals surface area (Å²) in [5.41, 5.74) is 1.57. The smallest absolute Gasteiger partial charge is 0.313 e. The van der Waals surface area contributed by atoms with Crippen molar-refractivity contribution in [2.75, 3.05) is 14.1 Å². The Morgan fingerprint density at radius 1 is 1.00 bits per heavy atom. The van der Waals surface area contributed by atoms with Crippen molar-refractivity contribution in [3.63, 3.8) is 0 Å². The van der Waals surface area contributed by atoms with E-state index >= 15 is 0 Å². The number of benzene rings is 3. The third kappa shape index (κ3) is 5.61. The Labute approximate surface area is 189 Å². The summed E-state index contributed by atoms with van der Waals surface area (Å²) in [4.78, 5) is 36.4. The van der Waals surface area contributed by atoms with Crippen molar-refractivity contribution in [1.82, 2.24) is 10.2 Å². The quantitative estimate of drug-likeness (QED) is 0.413. The average Bonchev–Trinajstić information content (AvgIpc) is 2.78. The van der Waals surface area contributed by atoms with Crippen molar-refractivity contribution in [1.29, 1.82) is 0 Å². The van der Waals surface area contributed by atoms with Gasteiger partial charge in [0.2, 0.25) is 5.75 Å². The zero-order chi connectivity index (χ0) is 23.3. The van der Waals surface area contributed by atoms with E-state index in [9.17, 15) is 19.7 Å². The molecule has 1 N–H and O–H groups in total. The van der Waals surface area contributed by atoms with E-state index < -0.39 is 4.92 Å². The summed E-state index contributed by atoms with van der Waals surface area (Å²) in [7, 11) is 3.37. The number of hydrogen-bond donors (Lipinski definition) is 1. The number of nitro groups is 1. The van der Waals surface area contributed by atoms with Gasteiger partial charge in [-0.1, -0.05) is 23.7 Å². The van der Waals surface area contributed by atoms with Gasteiger partial charge in [0.15, 0.2) is 0 Å². The highest BCUT2D eigenvalue weighted by molar-refractivity contribution is 6.30. The van der Waals surface area contributed by atoms with E-state index in [-0.39, 0.29) is 28.3 Å². The normalized spacial score (nSPS) is 10.3. The molecule has 0 aliphatic heterocycles. The van der Waals surface area contributed by atoms with Gasteiger partial charge in [-0.25, -0.2) is 0 Å². The van der Waals surface area contributed by atoms with Gasteiger partial charge in [-0.15, -0.1) is 0 Å². The number of hydrogen-bond acceptors (Lipinski definition) is 5.